The monoisotopic (exact) mass is 209 g/mol. The van der Waals surface area contributed by atoms with Gasteiger partial charge in [0.15, 0.2) is 0 Å². The topological polar surface area (TPSA) is 62.4 Å². The molecular weight excluding hydrogens is 190 g/mol. The number of hydrogen-bond acceptors (Lipinski definition) is 4. The maximum absolute atomic E-state index is 9.60. The van der Waals surface area contributed by atoms with Crippen molar-refractivity contribution in [1.82, 2.24) is 9.88 Å². The molecule has 0 atom stereocenters. The summed E-state index contributed by atoms with van der Waals surface area (Å²) in [6.07, 6.45) is 0.961. The molecule has 1 aromatic heterocycles. The van der Waals surface area contributed by atoms with Crippen LogP contribution in [-0.2, 0) is 6.54 Å². The second-order valence-corrected chi connectivity index (χ2v) is 3.80. The van der Waals surface area contributed by atoms with Gasteiger partial charge in [-0.1, -0.05) is 0 Å². The molecule has 0 aliphatic heterocycles. The minimum Gasteiger partial charge on any atom is -0.506 e. The fraction of sp³-hybridized carbons (Fsp3) is 0.545. The van der Waals surface area contributed by atoms with Crippen LogP contribution in [0.4, 0.5) is 0 Å². The number of pyridine rings is 1. The number of hydrogen-bond donors (Lipinski definition) is 2. The zero-order valence-corrected chi connectivity index (χ0v) is 9.40. The standard InChI is InChI=1S/C11H19N3O/c1-9-4-5-11(15)10(13-9)8-14(2)7-3-6-12/h4-5,15H,3,6-8,12H2,1-2H3. The summed E-state index contributed by atoms with van der Waals surface area (Å²) in [5.74, 6) is 0.264. The molecule has 1 rings (SSSR count). The van der Waals surface area contributed by atoms with Crippen LogP contribution in [0, 0.1) is 6.92 Å². The average molecular weight is 209 g/mol. The normalized spacial score (nSPS) is 10.9. The largest absolute Gasteiger partial charge is 0.506 e. The van der Waals surface area contributed by atoms with Crippen LogP contribution >= 0.6 is 0 Å². The van der Waals surface area contributed by atoms with Crippen molar-refractivity contribution in [2.45, 2.75) is 19.9 Å². The molecule has 0 amide bonds. The van der Waals surface area contributed by atoms with Crippen molar-refractivity contribution in [3.8, 4) is 5.75 Å². The Morgan fingerprint density at radius 3 is 2.87 bits per heavy atom. The van der Waals surface area contributed by atoms with E-state index < -0.39 is 0 Å². The molecule has 84 valence electrons. The minimum absolute atomic E-state index is 0.264. The van der Waals surface area contributed by atoms with E-state index in [0.29, 0.717) is 13.1 Å². The van der Waals surface area contributed by atoms with Crippen LogP contribution in [0.15, 0.2) is 12.1 Å². The fourth-order valence-corrected chi connectivity index (χ4v) is 1.42. The Hall–Kier alpha value is -1.13. The number of aryl methyl sites for hydroxylation is 1. The zero-order valence-electron chi connectivity index (χ0n) is 9.40. The van der Waals surface area contributed by atoms with Gasteiger partial charge in [0.05, 0.1) is 5.69 Å². The van der Waals surface area contributed by atoms with Gasteiger partial charge in [-0.25, -0.2) is 0 Å². The molecule has 0 aliphatic rings. The number of aromatic nitrogens is 1. The van der Waals surface area contributed by atoms with Gasteiger partial charge in [0.25, 0.3) is 0 Å². The summed E-state index contributed by atoms with van der Waals surface area (Å²) >= 11 is 0. The Morgan fingerprint density at radius 1 is 1.47 bits per heavy atom. The predicted molar refractivity (Wildman–Crippen MR) is 60.6 cm³/mol. The van der Waals surface area contributed by atoms with Gasteiger partial charge in [0.1, 0.15) is 5.75 Å². The number of rotatable bonds is 5. The molecule has 0 radical (unpaired) electrons. The molecule has 0 fully saturated rings. The van der Waals surface area contributed by atoms with Crippen LogP contribution in [0.2, 0.25) is 0 Å². The Balaban J connectivity index is 2.59. The third kappa shape index (κ3) is 3.85. The first-order valence-corrected chi connectivity index (χ1v) is 5.17. The third-order valence-corrected chi connectivity index (χ3v) is 2.25. The first kappa shape index (κ1) is 11.9. The van der Waals surface area contributed by atoms with Gasteiger partial charge >= 0.3 is 0 Å². The van der Waals surface area contributed by atoms with Crippen LogP contribution in [0.25, 0.3) is 0 Å². The zero-order chi connectivity index (χ0) is 11.3. The van der Waals surface area contributed by atoms with Gasteiger partial charge in [0, 0.05) is 12.2 Å². The van der Waals surface area contributed by atoms with E-state index in [4.69, 9.17) is 5.73 Å². The lowest BCUT2D eigenvalue weighted by Crippen LogP contribution is -2.22. The van der Waals surface area contributed by atoms with E-state index >= 15 is 0 Å². The molecule has 1 aromatic rings. The molecule has 0 spiro atoms. The number of nitrogens with zero attached hydrogens (tertiary/aromatic N) is 2. The van der Waals surface area contributed by atoms with Crippen LogP contribution in [0.1, 0.15) is 17.8 Å². The highest BCUT2D eigenvalue weighted by Gasteiger charge is 2.06. The van der Waals surface area contributed by atoms with Gasteiger partial charge in [-0.05, 0) is 45.6 Å². The molecule has 3 N–H and O–H groups in total. The van der Waals surface area contributed by atoms with Crippen molar-refractivity contribution in [1.29, 1.82) is 0 Å². The van der Waals surface area contributed by atoms with Gasteiger partial charge in [-0.2, -0.15) is 0 Å². The quantitative estimate of drug-likeness (QED) is 0.755. The molecular formula is C11H19N3O. The molecule has 0 aliphatic carbocycles. The third-order valence-electron chi connectivity index (χ3n) is 2.25. The lowest BCUT2D eigenvalue weighted by Gasteiger charge is -2.16. The van der Waals surface area contributed by atoms with Crippen LogP contribution in [0.3, 0.4) is 0 Å². The van der Waals surface area contributed by atoms with Gasteiger partial charge < -0.3 is 15.7 Å². The Labute approximate surface area is 90.7 Å². The Morgan fingerprint density at radius 2 is 2.20 bits per heavy atom. The molecule has 4 heteroatoms. The van der Waals surface area contributed by atoms with Gasteiger partial charge in [0.2, 0.25) is 0 Å². The average Bonchev–Trinajstić information content (AvgIpc) is 2.20. The molecule has 0 saturated heterocycles. The molecule has 0 aromatic carbocycles. The maximum atomic E-state index is 9.60. The number of aromatic hydroxyl groups is 1. The van der Waals surface area contributed by atoms with Crippen molar-refractivity contribution in [3.05, 3.63) is 23.5 Å². The highest BCUT2D eigenvalue weighted by atomic mass is 16.3. The van der Waals surface area contributed by atoms with Crippen molar-refractivity contribution in [3.63, 3.8) is 0 Å². The van der Waals surface area contributed by atoms with Crippen molar-refractivity contribution >= 4 is 0 Å². The van der Waals surface area contributed by atoms with E-state index in [1.54, 1.807) is 12.1 Å². The summed E-state index contributed by atoms with van der Waals surface area (Å²) in [6, 6.07) is 3.49. The summed E-state index contributed by atoms with van der Waals surface area (Å²) in [4.78, 5) is 6.40. The fourth-order valence-electron chi connectivity index (χ4n) is 1.42. The van der Waals surface area contributed by atoms with Crippen LogP contribution in [0.5, 0.6) is 5.75 Å². The summed E-state index contributed by atoms with van der Waals surface area (Å²) < 4.78 is 0. The lowest BCUT2D eigenvalue weighted by molar-refractivity contribution is 0.313. The second kappa shape index (κ2) is 5.68. The molecule has 1 heterocycles. The van der Waals surface area contributed by atoms with E-state index in [2.05, 4.69) is 9.88 Å². The summed E-state index contributed by atoms with van der Waals surface area (Å²) in [7, 11) is 2.00. The highest BCUT2D eigenvalue weighted by molar-refractivity contribution is 5.27. The maximum Gasteiger partial charge on any atom is 0.138 e. The lowest BCUT2D eigenvalue weighted by atomic mass is 10.2. The Bertz CT molecular complexity index is 315. The smallest absolute Gasteiger partial charge is 0.138 e. The first-order valence-electron chi connectivity index (χ1n) is 5.17. The molecule has 0 unspecified atom stereocenters. The van der Waals surface area contributed by atoms with Gasteiger partial charge in [-0.3, -0.25) is 4.98 Å². The molecule has 4 nitrogen and oxygen atoms in total. The minimum atomic E-state index is 0.264. The van der Waals surface area contributed by atoms with E-state index in [-0.39, 0.29) is 5.75 Å². The second-order valence-electron chi connectivity index (χ2n) is 3.80. The molecule has 0 saturated carbocycles. The van der Waals surface area contributed by atoms with E-state index in [0.717, 1.165) is 24.4 Å². The SMILES string of the molecule is Cc1ccc(O)c(CN(C)CCCN)n1. The van der Waals surface area contributed by atoms with E-state index in [1.807, 2.05) is 14.0 Å². The van der Waals surface area contributed by atoms with Gasteiger partial charge in [-0.15, -0.1) is 0 Å². The van der Waals surface area contributed by atoms with Crippen molar-refractivity contribution in [2.24, 2.45) is 5.73 Å². The van der Waals surface area contributed by atoms with Crippen LogP contribution in [-0.4, -0.2) is 35.1 Å². The molecule has 15 heavy (non-hydrogen) atoms. The highest BCUT2D eigenvalue weighted by Crippen LogP contribution is 2.16. The van der Waals surface area contributed by atoms with E-state index in [9.17, 15) is 5.11 Å². The molecule has 0 bridgehead atoms. The number of nitrogens with two attached hydrogens (primary N) is 1. The van der Waals surface area contributed by atoms with Crippen molar-refractivity contribution < 1.29 is 5.11 Å². The van der Waals surface area contributed by atoms with Crippen LogP contribution < -0.4 is 5.73 Å². The predicted octanol–water partition coefficient (Wildman–Crippen LogP) is 0.876. The van der Waals surface area contributed by atoms with E-state index in [1.165, 1.54) is 0 Å². The Kier molecular flexibility index (Phi) is 4.52. The van der Waals surface area contributed by atoms with Crippen molar-refractivity contribution in [2.75, 3.05) is 20.1 Å². The summed E-state index contributed by atoms with van der Waals surface area (Å²) in [5.41, 5.74) is 7.09. The summed E-state index contributed by atoms with van der Waals surface area (Å²) in [6.45, 7) is 4.19. The summed E-state index contributed by atoms with van der Waals surface area (Å²) in [5, 5.41) is 9.60. The first-order chi connectivity index (χ1) is 7.13.